The Kier molecular flexibility index (Phi) is 5.57. The third-order valence-corrected chi connectivity index (χ3v) is 9.73. The minimum absolute atomic E-state index is 0.129. The van der Waals surface area contributed by atoms with Crippen molar-refractivity contribution in [2.75, 3.05) is 23.6 Å². The number of carbonyl (C=O) groups is 2. The number of rotatable bonds is 3. The van der Waals surface area contributed by atoms with Crippen molar-refractivity contribution in [3.63, 3.8) is 0 Å². The van der Waals surface area contributed by atoms with E-state index < -0.39 is 65.6 Å². The van der Waals surface area contributed by atoms with E-state index in [0.29, 0.717) is 5.88 Å². The number of nitrogens with zero attached hydrogens (tertiary/aromatic N) is 1. The molecule has 38 heavy (non-hydrogen) atoms. The summed E-state index contributed by atoms with van der Waals surface area (Å²) < 4.78 is 37.6. The van der Waals surface area contributed by atoms with Gasteiger partial charge in [0, 0.05) is 34.8 Å². The van der Waals surface area contributed by atoms with Gasteiger partial charge in [0.25, 0.3) is 5.91 Å². The second-order valence-electron chi connectivity index (χ2n) is 11.7. The van der Waals surface area contributed by atoms with Gasteiger partial charge in [-0.25, -0.2) is 0 Å². The van der Waals surface area contributed by atoms with Gasteiger partial charge >= 0.3 is 5.97 Å². The highest BCUT2D eigenvalue weighted by Crippen LogP contribution is 2.61. The molecule has 5 saturated heterocycles. The quantitative estimate of drug-likeness (QED) is 0.569. The molecule has 6 heterocycles. The van der Waals surface area contributed by atoms with Gasteiger partial charge in [-0.05, 0) is 40.7 Å². The molecule has 206 valence electrons. The third kappa shape index (κ3) is 3.36. The van der Waals surface area contributed by atoms with Crippen LogP contribution in [0.25, 0.3) is 0 Å². The zero-order valence-corrected chi connectivity index (χ0v) is 23.0. The number of ether oxygens (including phenoxy) is 6. The predicted octanol–water partition coefficient (Wildman–Crippen LogP) is 2.41. The molecule has 0 aliphatic carbocycles. The van der Waals surface area contributed by atoms with Crippen LogP contribution in [0.1, 0.15) is 40.2 Å². The van der Waals surface area contributed by atoms with Gasteiger partial charge in [-0.1, -0.05) is 18.2 Å². The lowest BCUT2D eigenvalue weighted by molar-refractivity contribution is -0.249. The van der Waals surface area contributed by atoms with Crippen LogP contribution in [-0.4, -0.2) is 83.3 Å². The molecule has 7 rings (SSSR count). The molecule has 11 heteroatoms. The van der Waals surface area contributed by atoms with E-state index in [1.54, 1.807) is 18.7 Å². The smallest absolute Gasteiger partial charge is 0.312 e. The van der Waals surface area contributed by atoms with Gasteiger partial charge in [-0.3, -0.25) is 14.5 Å². The number of hydrogen-bond donors (Lipinski definition) is 1. The van der Waals surface area contributed by atoms with Crippen molar-refractivity contribution in [2.24, 2.45) is 11.8 Å². The first-order chi connectivity index (χ1) is 18.1. The second kappa shape index (κ2) is 8.39. The lowest BCUT2D eigenvalue weighted by Crippen LogP contribution is -2.60. The zero-order chi connectivity index (χ0) is 26.6. The largest absolute Gasteiger partial charge is 0.466 e. The molecule has 9 atom stereocenters. The summed E-state index contributed by atoms with van der Waals surface area (Å²) in [6.45, 7) is 9.43. The minimum Gasteiger partial charge on any atom is -0.466 e. The Morgan fingerprint density at radius 3 is 2.50 bits per heavy atom. The Bertz CT molecular complexity index is 1180. The van der Waals surface area contributed by atoms with E-state index in [4.69, 9.17) is 28.4 Å². The van der Waals surface area contributed by atoms with E-state index in [0.717, 1.165) is 17.0 Å². The van der Waals surface area contributed by atoms with E-state index in [1.807, 2.05) is 52.0 Å². The van der Waals surface area contributed by atoms with Crippen molar-refractivity contribution in [1.82, 2.24) is 4.90 Å². The number of hydrogen-bond acceptors (Lipinski definition) is 10. The van der Waals surface area contributed by atoms with Crippen molar-refractivity contribution >= 4 is 29.3 Å². The first kappa shape index (κ1) is 25.3. The van der Waals surface area contributed by atoms with Gasteiger partial charge < -0.3 is 33.7 Å². The SMILES string of the molecule is CCOC(=O)[C@H]1[C@@H]([C@H]2O[C@@H]3OC(C)(C)O[C@@H]3[C@H]3OC(C)(C)O[C@H]32)C2CSCN2[C@]12C(=O)Nc1ccccc12. The van der Waals surface area contributed by atoms with Crippen LogP contribution in [0.15, 0.2) is 24.3 Å². The van der Waals surface area contributed by atoms with Crippen molar-refractivity contribution in [3.8, 4) is 0 Å². The molecule has 10 nitrogen and oxygen atoms in total. The van der Waals surface area contributed by atoms with Gasteiger partial charge in [-0.2, -0.15) is 0 Å². The Labute approximate surface area is 225 Å². The number of amides is 1. The topological polar surface area (TPSA) is 105 Å². The number of thioether (sulfide) groups is 1. The van der Waals surface area contributed by atoms with E-state index >= 15 is 0 Å². The summed E-state index contributed by atoms with van der Waals surface area (Å²) in [5.74, 6) is -2.23. The molecular weight excluding hydrogens is 512 g/mol. The Balaban J connectivity index is 1.38. The van der Waals surface area contributed by atoms with Crippen LogP contribution in [0.2, 0.25) is 0 Å². The standard InChI is InChI=1S/C27H34N2O8S/c1-6-32-22(30)17-16(15-11-38-12-29(15)27(17)13-9-7-8-10-14(13)28-24(27)31)18-19-20(35-25(2,3)34-19)21-23(33-18)37-26(4,5)36-21/h7-10,15-21,23H,6,11-12H2,1-5H3,(H,28,31)/t15?,16-,17+,18+,19-,20-,21+,23+,27-/m0/s1. The van der Waals surface area contributed by atoms with Crippen LogP contribution in [0.5, 0.6) is 0 Å². The molecule has 0 aromatic heterocycles. The number of esters is 1. The van der Waals surface area contributed by atoms with Crippen molar-refractivity contribution in [2.45, 2.75) is 88.5 Å². The maximum atomic E-state index is 14.0. The van der Waals surface area contributed by atoms with Crippen LogP contribution >= 0.6 is 11.8 Å². The van der Waals surface area contributed by atoms with Gasteiger partial charge in [0.15, 0.2) is 17.9 Å². The van der Waals surface area contributed by atoms with Crippen molar-refractivity contribution in [3.05, 3.63) is 29.8 Å². The van der Waals surface area contributed by atoms with Crippen LogP contribution in [-0.2, 0) is 43.5 Å². The molecule has 1 aromatic rings. The number of fused-ring (bicyclic) bond motifs is 7. The van der Waals surface area contributed by atoms with Gasteiger partial charge in [-0.15, -0.1) is 11.8 Å². The maximum absolute atomic E-state index is 14.0. The molecule has 1 amide bonds. The number of nitrogens with one attached hydrogen (secondary N) is 1. The summed E-state index contributed by atoms with van der Waals surface area (Å²) in [5.41, 5.74) is 0.314. The first-order valence-electron chi connectivity index (χ1n) is 13.4. The van der Waals surface area contributed by atoms with Crippen molar-refractivity contribution in [1.29, 1.82) is 0 Å². The molecule has 1 aromatic carbocycles. The Morgan fingerprint density at radius 2 is 1.74 bits per heavy atom. The lowest BCUT2D eigenvalue weighted by atomic mass is 9.71. The molecular formula is C27H34N2O8S. The van der Waals surface area contributed by atoms with Crippen LogP contribution in [0, 0.1) is 11.8 Å². The highest BCUT2D eigenvalue weighted by atomic mass is 32.2. The second-order valence-corrected chi connectivity index (χ2v) is 12.7. The van der Waals surface area contributed by atoms with E-state index in [9.17, 15) is 9.59 Å². The number of benzene rings is 1. The minimum atomic E-state index is -1.21. The normalized spacial score (nSPS) is 44.0. The fraction of sp³-hybridized carbons (Fsp3) is 0.704. The van der Waals surface area contributed by atoms with Gasteiger partial charge in [0.2, 0.25) is 0 Å². The average Bonchev–Trinajstić information content (AvgIpc) is 3.61. The van der Waals surface area contributed by atoms with Gasteiger partial charge in [0.05, 0.1) is 18.6 Å². The van der Waals surface area contributed by atoms with Crippen molar-refractivity contribution < 1.29 is 38.0 Å². The molecule has 6 aliphatic rings. The molecule has 5 fully saturated rings. The summed E-state index contributed by atoms with van der Waals surface area (Å²) in [6, 6.07) is 7.50. The van der Waals surface area contributed by atoms with Crippen LogP contribution in [0.4, 0.5) is 5.69 Å². The van der Waals surface area contributed by atoms with E-state index in [2.05, 4.69) is 10.2 Å². The summed E-state index contributed by atoms with van der Waals surface area (Å²) in [7, 11) is 0. The number of carbonyl (C=O) groups excluding carboxylic acids is 2. The molecule has 0 radical (unpaired) electrons. The Hall–Kier alpha value is -1.73. The Morgan fingerprint density at radius 1 is 1.05 bits per heavy atom. The highest BCUT2D eigenvalue weighted by molar-refractivity contribution is 7.99. The first-order valence-corrected chi connectivity index (χ1v) is 14.5. The molecule has 1 N–H and O–H groups in total. The molecule has 0 saturated carbocycles. The van der Waals surface area contributed by atoms with E-state index in [1.165, 1.54) is 0 Å². The van der Waals surface area contributed by atoms with Gasteiger partial charge in [0.1, 0.15) is 23.9 Å². The molecule has 1 spiro atoms. The number of anilines is 1. The summed E-state index contributed by atoms with van der Waals surface area (Å²) in [6.07, 6.45) is -2.74. The molecule has 6 aliphatic heterocycles. The fourth-order valence-electron chi connectivity index (χ4n) is 7.60. The van der Waals surface area contributed by atoms with E-state index in [-0.39, 0.29) is 18.6 Å². The average molecular weight is 547 g/mol. The molecule has 1 unspecified atom stereocenters. The number of para-hydroxylation sites is 1. The summed E-state index contributed by atoms with van der Waals surface area (Å²) in [5, 5.41) is 3.06. The zero-order valence-electron chi connectivity index (χ0n) is 22.2. The molecule has 0 bridgehead atoms. The maximum Gasteiger partial charge on any atom is 0.312 e. The summed E-state index contributed by atoms with van der Waals surface area (Å²) >= 11 is 1.75. The summed E-state index contributed by atoms with van der Waals surface area (Å²) in [4.78, 5) is 30.2. The monoisotopic (exact) mass is 546 g/mol. The fourth-order valence-corrected chi connectivity index (χ4v) is 8.94. The highest BCUT2D eigenvalue weighted by Gasteiger charge is 2.74. The predicted molar refractivity (Wildman–Crippen MR) is 136 cm³/mol. The van der Waals surface area contributed by atoms with Crippen LogP contribution in [0.3, 0.4) is 0 Å². The lowest BCUT2D eigenvalue weighted by Gasteiger charge is -2.42. The van der Waals surface area contributed by atoms with Crippen LogP contribution < -0.4 is 5.32 Å². The third-order valence-electron chi connectivity index (χ3n) is 8.69.